The molecule has 0 amide bonds. The van der Waals surface area contributed by atoms with Crippen molar-refractivity contribution >= 4 is 5.82 Å². The highest BCUT2D eigenvalue weighted by Gasteiger charge is 2.44. The highest BCUT2D eigenvalue weighted by atomic mass is 15.2. The van der Waals surface area contributed by atoms with Gasteiger partial charge < -0.3 is 9.88 Å². The van der Waals surface area contributed by atoms with Crippen molar-refractivity contribution in [3.8, 4) is 0 Å². The van der Waals surface area contributed by atoms with Gasteiger partial charge in [-0.25, -0.2) is 15.0 Å². The molecular formula is C25H36N6. The number of hydrogen-bond donors (Lipinski definition) is 1. The van der Waals surface area contributed by atoms with Crippen molar-refractivity contribution in [1.29, 1.82) is 0 Å². The third-order valence-corrected chi connectivity index (χ3v) is 7.70. The monoisotopic (exact) mass is 420 g/mol. The van der Waals surface area contributed by atoms with Crippen LogP contribution in [0, 0.1) is 13.8 Å². The Labute approximate surface area is 186 Å². The average molecular weight is 421 g/mol. The molecule has 1 aliphatic heterocycles. The van der Waals surface area contributed by atoms with Gasteiger partial charge in [0.15, 0.2) is 0 Å². The summed E-state index contributed by atoms with van der Waals surface area (Å²) in [6.45, 7) is 8.28. The van der Waals surface area contributed by atoms with Gasteiger partial charge in [-0.1, -0.05) is 11.6 Å². The predicted molar refractivity (Wildman–Crippen MR) is 124 cm³/mol. The van der Waals surface area contributed by atoms with Crippen LogP contribution in [-0.2, 0) is 25.4 Å². The molecule has 3 aliphatic rings. The summed E-state index contributed by atoms with van der Waals surface area (Å²) in [5, 5.41) is 3.69. The van der Waals surface area contributed by atoms with Gasteiger partial charge in [0, 0.05) is 43.9 Å². The van der Waals surface area contributed by atoms with E-state index in [1.807, 2.05) is 6.20 Å². The minimum absolute atomic E-state index is 0.176. The van der Waals surface area contributed by atoms with Crippen LogP contribution >= 0.6 is 0 Å². The Bertz CT molecular complexity index is 990. The third-order valence-electron chi connectivity index (χ3n) is 7.70. The van der Waals surface area contributed by atoms with Gasteiger partial charge in [0.25, 0.3) is 0 Å². The van der Waals surface area contributed by atoms with Crippen molar-refractivity contribution in [2.75, 3.05) is 25.0 Å². The van der Waals surface area contributed by atoms with Crippen LogP contribution in [0.3, 0.4) is 0 Å². The molecule has 1 unspecified atom stereocenters. The lowest BCUT2D eigenvalue weighted by molar-refractivity contribution is 0.134. The Morgan fingerprint density at radius 3 is 2.77 bits per heavy atom. The number of piperidine rings is 1. The molecule has 5 rings (SSSR count). The van der Waals surface area contributed by atoms with E-state index in [1.54, 1.807) is 5.57 Å². The van der Waals surface area contributed by atoms with Gasteiger partial charge in [0.2, 0.25) is 0 Å². The third kappa shape index (κ3) is 4.02. The molecule has 1 N–H and O–H groups in total. The average Bonchev–Trinajstić information content (AvgIpc) is 3.28. The topological polar surface area (TPSA) is 58.9 Å². The smallest absolute Gasteiger partial charge is 0.133 e. The first-order valence-corrected chi connectivity index (χ1v) is 12.0. The molecule has 0 bridgehead atoms. The molecule has 0 saturated carbocycles. The molecule has 6 nitrogen and oxygen atoms in total. The summed E-state index contributed by atoms with van der Waals surface area (Å²) in [5.41, 5.74) is 5.72. The van der Waals surface area contributed by atoms with E-state index in [-0.39, 0.29) is 5.41 Å². The van der Waals surface area contributed by atoms with Gasteiger partial charge in [-0.05, 0) is 71.8 Å². The van der Waals surface area contributed by atoms with Crippen LogP contribution in [-0.4, -0.2) is 44.1 Å². The van der Waals surface area contributed by atoms with Crippen molar-refractivity contribution in [1.82, 2.24) is 24.4 Å². The van der Waals surface area contributed by atoms with Crippen molar-refractivity contribution in [3.05, 3.63) is 46.4 Å². The summed E-state index contributed by atoms with van der Waals surface area (Å²) >= 11 is 0. The Hall–Kier alpha value is -2.21. The van der Waals surface area contributed by atoms with E-state index in [1.165, 1.54) is 61.9 Å². The zero-order chi connectivity index (χ0) is 21.4. The van der Waals surface area contributed by atoms with Crippen LogP contribution in [0.4, 0.5) is 5.82 Å². The van der Waals surface area contributed by atoms with Crippen LogP contribution in [0.25, 0.3) is 0 Å². The number of likely N-dealkylation sites (tertiary alicyclic amines) is 1. The Morgan fingerprint density at radius 1 is 1.10 bits per heavy atom. The Morgan fingerprint density at radius 2 is 2.00 bits per heavy atom. The lowest BCUT2D eigenvalue weighted by Crippen LogP contribution is -2.45. The SMILES string of the molecule is Cc1nc(NCC2=CCCCC2)c2c(n1)C1(CCCN(Cc3cnc(C)n3C)C1)CC2. The molecule has 1 atom stereocenters. The summed E-state index contributed by atoms with van der Waals surface area (Å²) in [6, 6.07) is 0. The highest BCUT2D eigenvalue weighted by Crippen LogP contribution is 2.46. The number of allylic oxidation sites excluding steroid dienone is 1. The Kier molecular flexibility index (Phi) is 5.59. The Balaban J connectivity index is 1.36. The summed E-state index contributed by atoms with van der Waals surface area (Å²) < 4.78 is 2.22. The van der Waals surface area contributed by atoms with E-state index in [2.05, 4.69) is 46.7 Å². The van der Waals surface area contributed by atoms with E-state index < -0.39 is 0 Å². The van der Waals surface area contributed by atoms with E-state index in [4.69, 9.17) is 9.97 Å². The maximum Gasteiger partial charge on any atom is 0.133 e. The van der Waals surface area contributed by atoms with Crippen LogP contribution in [0.5, 0.6) is 0 Å². The summed E-state index contributed by atoms with van der Waals surface area (Å²) in [7, 11) is 2.12. The molecule has 0 radical (unpaired) electrons. The lowest BCUT2D eigenvalue weighted by Gasteiger charge is -2.40. The molecule has 1 fully saturated rings. The maximum atomic E-state index is 5.04. The number of fused-ring (bicyclic) bond motifs is 2. The number of hydrogen-bond acceptors (Lipinski definition) is 5. The molecule has 2 aliphatic carbocycles. The van der Waals surface area contributed by atoms with Crippen molar-refractivity contribution < 1.29 is 0 Å². The number of anilines is 1. The van der Waals surface area contributed by atoms with Gasteiger partial charge in [0.1, 0.15) is 17.5 Å². The lowest BCUT2D eigenvalue weighted by atomic mass is 9.77. The van der Waals surface area contributed by atoms with E-state index in [9.17, 15) is 0 Å². The summed E-state index contributed by atoms with van der Waals surface area (Å²) in [6.07, 6.45) is 14.3. The molecule has 2 aromatic rings. The zero-order valence-electron chi connectivity index (χ0n) is 19.4. The fourth-order valence-electron chi connectivity index (χ4n) is 5.85. The minimum Gasteiger partial charge on any atom is -0.366 e. The number of aryl methyl sites for hydroxylation is 2. The first-order chi connectivity index (χ1) is 15.0. The van der Waals surface area contributed by atoms with Crippen LogP contribution in [0.1, 0.15) is 73.5 Å². The van der Waals surface area contributed by atoms with Crippen LogP contribution < -0.4 is 5.32 Å². The molecule has 2 aromatic heterocycles. The number of aromatic nitrogens is 4. The van der Waals surface area contributed by atoms with Crippen molar-refractivity contribution in [2.24, 2.45) is 7.05 Å². The normalized spacial score (nSPS) is 23.8. The van der Waals surface area contributed by atoms with Crippen molar-refractivity contribution in [2.45, 2.75) is 77.2 Å². The van der Waals surface area contributed by atoms with Crippen LogP contribution in [0.15, 0.2) is 17.8 Å². The first kappa shape index (κ1) is 20.7. The number of nitrogens with one attached hydrogen (secondary N) is 1. The number of rotatable bonds is 5. The van der Waals surface area contributed by atoms with Gasteiger partial charge in [0.05, 0.1) is 11.4 Å². The molecular weight excluding hydrogens is 384 g/mol. The quantitative estimate of drug-likeness (QED) is 0.734. The molecule has 6 heteroatoms. The maximum absolute atomic E-state index is 5.04. The summed E-state index contributed by atoms with van der Waals surface area (Å²) in [5.74, 6) is 3.07. The zero-order valence-corrected chi connectivity index (χ0v) is 19.4. The van der Waals surface area contributed by atoms with Crippen molar-refractivity contribution in [3.63, 3.8) is 0 Å². The molecule has 166 valence electrons. The second-order valence-electron chi connectivity index (χ2n) is 9.86. The molecule has 1 saturated heterocycles. The first-order valence-electron chi connectivity index (χ1n) is 12.0. The standard InChI is InChI=1S/C25H36N6/c1-18-28-23-22(24(29-18)27-14-20-8-5-4-6-9-20)10-12-25(23)11-7-13-31(17-25)16-21-15-26-19(2)30(21)3/h8,15H,4-7,9-14,16-17H2,1-3H3,(H,27,28,29). The summed E-state index contributed by atoms with van der Waals surface area (Å²) in [4.78, 5) is 17.0. The predicted octanol–water partition coefficient (Wildman–Crippen LogP) is 4.22. The van der Waals surface area contributed by atoms with Gasteiger partial charge in [-0.3, -0.25) is 4.90 Å². The fourth-order valence-corrected chi connectivity index (χ4v) is 5.85. The number of imidazole rings is 1. The van der Waals surface area contributed by atoms with Gasteiger partial charge >= 0.3 is 0 Å². The molecule has 3 heterocycles. The van der Waals surface area contributed by atoms with Gasteiger partial charge in [-0.2, -0.15) is 0 Å². The molecule has 1 spiro atoms. The highest BCUT2D eigenvalue weighted by molar-refractivity contribution is 5.53. The molecule has 31 heavy (non-hydrogen) atoms. The van der Waals surface area contributed by atoms with E-state index in [0.717, 1.165) is 50.1 Å². The van der Waals surface area contributed by atoms with Crippen LogP contribution in [0.2, 0.25) is 0 Å². The minimum atomic E-state index is 0.176. The largest absolute Gasteiger partial charge is 0.366 e. The van der Waals surface area contributed by atoms with E-state index >= 15 is 0 Å². The molecule has 0 aromatic carbocycles. The second-order valence-corrected chi connectivity index (χ2v) is 9.86. The second kappa shape index (κ2) is 8.38. The fraction of sp³-hybridized carbons (Fsp3) is 0.640. The number of nitrogens with zero attached hydrogens (tertiary/aromatic N) is 5. The van der Waals surface area contributed by atoms with Gasteiger partial charge in [-0.15, -0.1) is 0 Å². The van der Waals surface area contributed by atoms with E-state index in [0.29, 0.717) is 0 Å².